The number of nitrogens with zero attached hydrogens (tertiary/aromatic N) is 2. The Kier molecular flexibility index (Phi) is 3.88. The largest absolute Gasteiger partial charge is 0.358 e. The molecule has 1 atom stereocenters. The highest BCUT2D eigenvalue weighted by Gasteiger charge is 2.22. The Morgan fingerprint density at radius 2 is 1.90 bits per heavy atom. The summed E-state index contributed by atoms with van der Waals surface area (Å²) >= 11 is 0. The highest BCUT2D eigenvalue weighted by atomic mass is 19.1. The quantitative estimate of drug-likeness (QED) is 0.687. The Hall–Kier alpha value is -2.57. The van der Waals surface area contributed by atoms with E-state index in [1.165, 1.54) is 24.3 Å². The molecular weight excluding hydrogens is 268 g/mol. The van der Waals surface area contributed by atoms with Gasteiger partial charge in [0.15, 0.2) is 0 Å². The van der Waals surface area contributed by atoms with Crippen LogP contribution in [0.15, 0.2) is 36.5 Å². The third-order valence-electron chi connectivity index (χ3n) is 2.78. The minimum Gasteiger partial charge on any atom is -0.358 e. The van der Waals surface area contributed by atoms with Crippen molar-refractivity contribution in [2.45, 2.75) is 13.0 Å². The van der Waals surface area contributed by atoms with Crippen LogP contribution >= 0.6 is 0 Å². The van der Waals surface area contributed by atoms with E-state index in [1.54, 1.807) is 6.92 Å². The van der Waals surface area contributed by atoms with Crippen LogP contribution in [0.3, 0.4) is 0 Å². The Morgan fingerprint density at radius 1 is 1.25 bits per heavy atom. The van der Waals surface area contributed by atoms with Crippen molar-refractivity contribution in [2.24, 2.45) is 0 Å². The number of benzene rings is 1. The summed E-state index contributed by atoms with van der Waals surface area (Å²) in [7, 11) is 0. The second kappa shape index (κ2) is 5.60. The van der Waals surface area contributed by atoms with Crippen molar-refractivity contribution < 1.29 is 13.7 Å². The molecule has 20 heavy (non-hydrogen) atoms. The molecule has 2 rings (SSSR count). The number of nitro groups is 1. The van der Waals surface area contributed by atoms with Crippen LogP contribution in [0, 0.1) is 21.7 Å². The molecule has 0 radical (unpaired) electrons. The molecule has 0 bridgehead atoms. The van der Waals surface area contributed by atoms with Crippen LogP contribution in [-0.2, 0) is 0 Å². The van der Waals surface area contributed by atoms with Crippen molar-refractivity contribution in [1.82, 2.24) is 4.98 Å². The van der Waals surface area contributed by atoms with E-state index in [4.69, 9.17) is 0 Å². The molecule has 5 nitrogen and oxygen atoms in total. The smallest absolute Gasteiger partial charge is 0.346 e. The predicted octanol–water partition coefficient (Wildman–Crippen LogP) is 3.44. The SMILES string of the molecule is CC(Nc1nccc(F)c1[N+](=O)[O-])c1ccc(F)cc1. The topological polar surface area (TPSA) is 68.1 Å². The van der Waals surface area contributed by atoms with Gasteiger partial charge in [-0.25, -0.2) is 9.37 Å². The third-order valence-corrected chi connectivity index (χ3v) is 2.78. The summed E-state index contributed by atoms with van der Waals surface area (Å²) in [5.74, 6) is -1.50. The lowest BCUT2D eigenvalue weighted by atomic mass is 10.1. The molecule has 1 N–H and O–H groups in total. The van der Waals surface area contributed by atoms with Crippen LogP contribution < -0.4 is 5.32 Å². The number of hydrogen-bond acceptors (Lipinski definition) is 4. The van der Waals surface area contributed by atoms with Crippen molar-refractivity contribution in [3.63, 3.8) is 0 Å². The summed E-state index contributed by atoms with van der Waals surface area (Å²) in [5.41, 5.74) is -0.00628. The molecule has 0 amide bonds. The third kappa shape index (κ3) is 2.87. The van der Waals surface area contributed by atoms with Gasteiger partial charge in [0.2, 0.25) is 11.6 Å². The number of aromatic nitrogens is 1. The summed E-state index contributed by atoms with van der Waals surface area (Å²) in [5, 5.41) is 13.6. The highest BCUT2D eigenvalue weighted by molar-refractivity contribution is 5.57. The first-order valence-electron chi connectivity index (χ1n) is 5.80. The van der Waals surface area contributed by atoms with E-state index >= 15 is 0 Å². The molecule has 104 valence electrons. The molecule has 7 heteroatoms. The van der Waals surface area contributed by atoms with E-state index in [-0.39, 0.29) is 17.7 Å². The van der Waals surface area contributed by atoms with Gasteiger partial charge in [0.1, 0.15) is 5.82 Å². The van der Waals surface area contributed by atoms with Crippen molar-refractivity contribution >= 4 is 11.5 Å². The maximum absolute atomic E-state index is 13.4. The molecule has 0 saturated heterocycles. The van der Waals surface area contributed by atoms with Crippen LogP contribution in [0.25, 0.3) is 0 Å². The molecule has 1 heterocycles. The average Bonchev–Trinajstić information content (AvgIpc) is 2.39. The van der Waals surface area contributed by atoms with Gasteiger partial charge in [-0.15, -0.1) is 0 Å². The van der Waals surface area contributed by atoms with Gasteiger partial charge >= 0.3 is 5.69 Å². The monoisotopic (exact) mass is 279 g/mol. The van der Waals surface area contributed by atoms with E-state index < -0.39 is 16.4 Å². The zero-order valence-corrected chi connectivity index (χ0v) is 10.5. The molecule has 0 aliphatic heterocycles. The van der Waals surface area contributed by atoms with Crippen molar-refractivity contribution in [2.75, 3.05) is 5.32 Å². The number of hydrogen-bond donors (Lipinski definition) is 1. The van der Waals surface area contributed by atoms with E-state index in [1.807, 2.05) is 0 Å². The molecule has 0 fully saturated rings. The summed E-state index contributed by atoms with van der Waals surface area (Å²) in [6, 6.07) is 6.17. The second-order valence-electron chi connectivity index (χ2n) is 4.16. The highest BCUT2D eigenvalue weighted by Crippen LogP contribution is 2.28. The van der Waals surface area contributed by atoms with Gasteiger partial charge < -0.3 is 5.32 Å². The fourth-order valence-electron chi connectivity index (χ4n) is 1.75. The molecule has 1 unspecified atom stereocenters. The fourth-order valence-corrected chi connectivity index (χ4v) is 1.75. The molecule has 0 aliphatic carbocycles. The van der Waals surface area contributed by atoms with E-state index in [2.05, 4.69) is 10.3 Å². The molecule has 1 aromatic carbocycles. The number of pyridine rings is 1. The Bertz CT molecular complexity index is 632. The van der Waals surface area contributed by atoms with Gasteiger partial charge in [-0.3, -0.25) is 10.1 Å². The Labute approximate surface area is 113 Å². The number of halogens is 2. The van der Waals surface area contributed by atoms with Gasteiger partial charge in [0.25, 0.3) is 0 Å². The lowest BCUT2D eigenvalue weighted by Gasteiger charge is -2.14. The molecule has 0 saturated carbocycles. The van der Waals surface area contributed by atoms with Crippen LogP contribution in [0.5, 0.6) is 0 Å². The summed E-state index contributed by atoms with van der Waals surface area (Å²) in [6.45, 7) is 1.71. The van der Waals surface area contributed by atoms with Crippen LogP contribution in [0.4, 0.5) is 20.3 Å². The van der Waals surface area contributed by atoms with Gasteiger partial charge in [-0.2, -0.15) is 4.39 Å². The lowest BCUT2D eigenvalue weighted by molar-refractivity contribution is -0.386. The normalized spacial score (nSPS) is 11.9. The van der Waals surface area contributed by atoms with Gasteiger partial charge in [-0.1, -0.05) is 12.1 Å². The number of rotatable bonds is 4. The van der Waals surface area contributed by atoms with Crippen LogP contribution in [0.2, 0.25) is 0 Å². The first kappa shape index (κ1) is 13.9. The molecule has 2 aromatic rings. The van der Waals surface area contributed by atoms with Gasteiger partial charge in [-0.05, 0) is 30.7 Å². The predicted molar refractivity (Wildman–Crippen MR) is 69.3 cm³/mol. The molecule has 1 aromatic heterocycles. The van der Waals surface area contributed by atoms with Gasteiger partial charge in [0.05, 0.1) is 11.0 Å². The number of anilines is 1. The second-order valence-corrected chi connectivity index (χ2v) is 4.16. The van der Waals surface area contributed by atoms with Crippen molar-refractivity contribution in [1.29, 1.82) is 0 Å². The summed E-state index contributed by atoms with van der Waals surface area (Å²) in [4.78, 5) is 13.8. The minimum atomic E-state index is -0.959. The maximum Gasteiger partial charge on any atom is 0.346 e. The molecular formula is C13H11F2N3O2. The van der Waals surface area contributed by atoms with Crippen molar-refractivity contribution in [3.05, 3.63) is 63.8 Å². The standard InChI is InChI=1S/C13H11F2N3O2/c1-8(9-2-4-10(14)5-3-9)17-13-12(18(19)20)11(15)6-7-16-13/h2-8H,1H3,(H,16,17). The lowest BCUT2D eigenvalue weighted by Crippen LogP contribution is -2.10. The summed E-state index contributed by atoms with van der Waals surface area (Å²) < 4.78 is 26.3. The molecule has 0 spiro atoms. The first-order valence-corrected chi connectivity index (χ1v) is 5.80. The summed E-state index contributed by atoms with van der Waals surface area (Å²) in [6.07, 6.45) is 1.14. The van der Waals surface area contributed by atoms with Crippen LogP contribution in [-0.4, -0.2) is 9.91 Å². The van der Waals surface area contributed by atoms with Crippen LogP contribution in [0.1, 0.15) is 18.5 Å². The zero-order chi connectivity index (χ0) is 14.7. The maximum atomic E-state index is 13.4. The average molecular weight is 279 g/mol. The van der Waals surface area contributed by atoms with Gasteiger partial charge in [0, 0.05) is 6.20 Å². The minimum absolute atomic E-state index is 0.160. The Morgan fingerprint density at radius 3 is 2.50 bits per heavy atom. The van der Waals surface area contributed by atoms with E-state index in [0.717, 1.165) is 12.3 Å². The zero-order valence-electron chi connectivity index (χ0n) is 10.5. The Balaban J connectivity index is 2.28. The fraction of sp³-hybridized carbons (Fsp3) is 0.154. The first-order chi connectivity index (χ1) is 9.49. The number of nitrogens with one attached hydrogen (secondary N) is 1. The molecule has 0 aliphatic rings. The van der Waals surface area contributed by atoms with E-state index in [9.17, 15) is 18.9 Å². The van der Waals surface area contributed by atoms with E-state index in [0.29, 0.717) is 5.56 Å². The van der Waals surface area contributed by atoms with Crippen molar-refractivity contribution in [3.8, 4) is 0 Å².